The van der Waals surface area contributed by atoms with Crippen molar-refractivity contribution in [2.45, 2.75) is 53.4 Å². The van der Waals surface area contributed by atoms with Gasteiger partial charge in [-0.25, -0.2) is 0 Å². The molecule has 5 heteroatoms. The van der Waals surface area contributed by atoms with E-state index in [9.17, 15) is 0 Å². The number of rotatable bonds is 13. The fourth-order valence-electron chi connectivity index (χ4n) is 2.29. The molecule has 0 aromatic rings. The summed E-state index contributed by atoms with van der Waals surface area (Å²) in [7, 11) is 0. The van der Waals surface area contributed by atoms with Gasteiger partial charge in [-0.1, -0.05) is 27.2 Å². The molecule has 0 bridgehead atoms. The van der Waals surface area contributed by atoms with Crippen molar-refractivity contribution in [2.75, 3.05) is 39.5 Å². The summed E-state index contributed by atoms with van der Waals surface area (Å²) >= 11 is 0. The number of nitrogens with zero attached hydrogens (tertiary/aromatic N) is 1. The maximum atomic E-state index is 9.17. The number of ether oxygens (including phenoxy) is 1. The topological polar surface area (TPSA) is 65.9 Å². The molecule has 0 spiro atoms. The number of hydrogen-bond acceptors (Lipinski definition) is 3. The third kappa shape index (κ3) is 12.9. The van der Waals surface area contributed by atoms with Crippen LogP contribution in [-0.4, -0.2) is 50.5 Å². The summed E-state index contributed by atoms with van der Waals surface area (Å²) in [5.74, 6) is 1.92. The molecule has 0 aliphatic carbocycles. The first-order chi connectivity index (χ1) is 10.6. The average molecular weight is 316 g/mol. The molecular weight excluding hydrogens is 278 g/mol. The monoisotopic (exact) mass is 315 g/mol. The molecule has 0 rings (SSSR count). The largest absolute Gasteiger partial charge is 0.396 e. The van der Waals surface area contributed by atoms with E-state index in [0.717, 1.165) is 51.5 Å². The highest BCUT2D eigenvalue weighted by Crippen LogP contribution is 2.15. The van der Waals surface area contributed by atoms with Gasteiger partial charge in [-0.05, 0) is 38.0 Å². The van der Waals surface area contributed by atoms with Crippen molar-refractivity contribution in [3.05, 3.63) is 0 Å². The number of aliphatic imine (C=N–C) groups is 1. The second kappa shape index (κ2) is 15.1. The van der Waals surface area contributed by atoms with Gasteiger partial charge in [0.1, 0.15) is 0 Å². The van der Waals surface area contributed by atoms with Gasteiger partial charge in [0, 0.05) is 32.8 Å². The summed E-state index contributed by atoms with van der Waals surface area (Å²) in [5.41, 5.74) is 0. The highest BCUT2D eigenvalue weighted by molar-refractivity contribution is 5.79. The van der Waals surface area contributed by atoms with Gasteiger partial charge in [0.15, 0.2) is 5.96 Å². The zero-order valence-corrected chi connectivity index (χ0v) is 15.0. The van der Waals surface area contributed by atoms with Gasteiger partial charge < -0.3 is 20.5 Å². The molecule has 0 radical (unpaired) electrons. The molecule has 0 aromatic carbocycles. The number of guanidine groups is 1. The van der Waals surface area contributed by atoms with E-state index in [-0.39, 0.29) is 6.61 Å². The van der Waals surface area contributed by atoms with Crippen LogP contribution in [0, 0.1) is 11.8 Å². The van der Waals surface area contributed by atoms with Crippen molar-refractivity contribution in [1.29, 1.82) is 0 Å². The second-order valence-corrected chi connectivity index (χ2v) is 6.12. The Balaban J connectivity index is 4.15. The summed E-state index contributed by atoms with van der Waals surface area (Å²) in [4.78, 5) is 4.65. The van der Waals surface area contributed by atoms with Gasteiger partial charge in [0.25, 0.3) is 0 Å². The molecule has 0 aliphatic rings. The van der Waals surface area contributed by atoms with Crippen LogP contribution < -0.4 is 10.6 Å². The zero-order chi connectivity index (χ0) is 16.6. The fourth-order valence-corrected chi connectivity index (χ4v) is 2.29. The van der Waals surface area contributed by atoms with E-state index in [1.54, 1.807) is 0 Å². The minimum Gasteiger partial charge on any atom is -0.396 e. The molecule has 0 heterocycles. The Hall–Kier alpha value is -0.810. The average Bonchev–Trinajstić information content (AvgIpc) is 2.47. The summed E-state index contributed by atoms with van der Waals surface area (Å²) in [6, 6.07) is 0. The maximum Gasteiger partial charge on any atom is 0.191 e. The molecule has 132 valence electrons. The van der Waals surface area contributed by atoms with Crippen molar-refractivity contribution in [1.82, 2.24) is 10.6 Å². The third-order valence-corrected chi connectivity index (χ3v) is 3.37. The maximum absolute atomic E-state index is 9.17. The van der Waals surface area contributed by atoms with Crippen molar-refractivity contribution < 1.29 is 9.84 Å². The highest BCUT2D eigenvalue weighted by atomic mass is 16.5. The molecule has 0 fully saturated rings. The lowest BCUT2D eigenvalue weighted by Gasteiger charge is -2.17. The Morgan fingerprint density at radius 2 is 1.95 bits per heavy atom. The molecule has 22 heavy (non-hydrogen) atoms. The van der Waals surface area contributed by atoms with Crippen LogP contribution in [0.25, 0.3) is 0 Å². The Kier molecular flexibility index (Phi) is 14.5. The van der Waals surface area contributed by atoms with Crippen LogP contribution in [0.1, 0.15) is 53.4 Å². The molecule has 3 N–H and O–H groups in total. The summed E-state index contributed by atoms with van der Waals surface area (Å²) < 4.78 is 5.54. The van der Waals surface area contributed by atoms with Gasteiger partial charge in [-0.15, -0.1) is 0 Å². The predicted octanol–water partition coefficient (Wildman–Crippen LogP) is 2.40. The van der Waals surface area contributed by atoms with Crippen molar-refractivity contribution >= 4 is 5.96 Å². The quantitative estimate of drug-likeness (QED) is 0.277. The molecule has 0 aliphatic heterocycles. The van der Waals surface area contributed by atoms with E-state index >= 15 is 0 Å². The molecule has 0 amide bonds. The molecule has 5 nitrogen and oxygen atoms in total. The number of nitrogens with one attached hydrogen (secondary N) is 2. The standard InChI is InChI=1S/C17H37N3O2/c1-5-7-11-22-12-9-19-17(18-6-2)20-14-16(8-10-21)13-15(3)4/h15-16,21H,5-14H2,1-4H3,(H2,18,19,20). The molecule has 1 atom stereocenters. The van der Waals surface area contributed by atoms with E-state index in [4.69, 9.17) is 9.84 Å². The van der Waals surface area contributed by atoms with Crippen LogP contribution in [0.4, 0.5) is 0 Å². The van der Waals surface area contributed by atoms with E-state index in [1.165, 1.54) is 6.42 Å². The Labute approximate surface area is 136 Å². The van der Waals surface area contributed by atoms with Crippen LogP contribution in [0.15, 0.2) is 4.99 Å². The van der Waals surface area contributed by atoms with Crippen LogP contribution in [-0.2, 0) is 4.74 Å². The molecule has 0 saturated carbocycles. The number of hydrogen-bond donors (Lipinski definition) is 3. The van der Waals surface area contributed by atoms with Crippen LogP contribution in [0.5, 0.6) is 0 Å². The van der Waals surface area contributed by atoms with Gasteiger partial charge in [0.2, 0.25) is 0 Å². The predicted molar refractivity (Wildman–Crippen MR) is 94.4 cm³/mol. The van der Waals surface area contributed by atoms with E-state index in [1.807, 2.05) is 0 Å². The molecular formula is C17H37N3O2. The van der Waals surface area contributed by atoms with Crippen LogP contribution in [0.3, 0.4) is 0 Å². The first-order valence-corrected chi connectivity index (χ1v) is 8.84. The molecule has 1 unspecified atom stereocenters. The summed E-state index contributed by atoms with van der Waals surface area (Å²) in [6.07, 6.45) is 4.20. The lowest BCUT2D eigenvalue weighted by Crippen LogP contribution is -2.39. The number of aliphatic hydroxyl groups is 1. The third-order valence-electron chi connectivity index (χ3n) is 3.37. The smallest absolute Gasteiger partial charge is 0.191 e. The van der Waals surface area contributed by atoms with Crippen LogP contribution in [0.2, 0.25) is 0 Å². The Morgan fingerprint density at radius 3 is 2.55 bits per heavy atom. The first-order valence-electron chi connectivity index (χ1n) is 8.84. The second-order valence-electron chi connectivity index (χ2n) is 6.12. The van der Waals surface area contributed by atoms with Gasteiger partial charge >= 0.3 is 0 Å². The van der Waals surface area contributed by atoms with E-state index in [0.29, 0.717) is 18.4 Å². The number of aliphatic hydroxyl groups excluding tert-OH is 1. The minimum absolute atomic E-state index is 0.238. The van der Waals surface area contributed by atoms with E-state index < -0.39 is 0 Å². The lowest BCUT2D eigenvalue weighted by molar-refractivity contribution is 0.136. The summed E-state index contributed by atoms with van der Waals surface area (Å²) in [5, 5.41) is 15.7. The fraction of sp³-hybridized carbons (Fsp3) is 0.941. The van der Waals surface area contributed by atoms with Crippen molar-refractivity contribution in [3.8, 4) is 0 Å². The normalized spacial score (nSPS) is 13.5. The Morgan fingerprint density at radius 1 is 1.18 bits per heavy atom. The van der Waals surface area contributed by atoms with Crippen molar-refractivity contribution in [2.24, 2.45) is 16.8 Å². The minimum atomic E-state index is 0.238. The van der Waals surface area contributed by atoms with Crippen LogP contribution >= 0.6 is 0 Å². The van der Waals surface area contributed by atoms with Gasteiger partial charge in [0.05, 0.1) is 6.61 Å². The number of unbranched alkanes of at least 4 members (excludes halogenated alkanes) is 1. The molecule has 0 aromatic heterocycles. The van der Waals surface area contributed by atoms with E-state index in [2.05, 4.69) is 43.3 Å². The summed E-state index contributed by atoms with van der Waals surface area (Å²) in [6.45, 7) is 12.8. The van der Waals surface area contributed by atoms with Crippen molar-refractivity contribution in [3.63, 3.8) is 0 Å². The van der Waals surface area contributed by atoms with Gasteiger partial charge in [-0.2, -0.15) is 0 Å². The van der Waals surface area contributed by atoms with Gasteiger partial charge in [-0.3, -0.25) is 4.99 Å². The lowest BCUT2D eigenvalue weighted by atomic mass is 9.94. The molecule has 0 saturated heterocycles. The Bertz CT molecular complexity index is 271. The zero-order valence-electron chi connectivity index (χ0n) is 15.0. The SMILES string of the molecule is CCCCOCCNC(=NCC(CCO)CC(C)C)NCC. The highest BCUT2D eigenvalue weighted by Gasteiger charge is 2.10. The first kappa shape index (κ1) is 21.2.